The lowest BCUT2D eigenvalue weighted by molar-refractivity contribution is 0.780. The third-order valence-electron chi connectivity index (χ3n) is 2.63. The minimum Gasteiger partial charge on any atom is -0.115 e. The van der Waals surface area contributed by atoms with E-state index in [4.69, 9.17) is 23.8 Å². The quantitative estimate of drug-likeness (QED) is 0.428. The van der Waals surface area contributed by atoms with E-state index in [1.165, 1.54) is 0 Å². The molecular formula is C14H13ClS. The predicted octanol–water partition coefficient (Wildman–Crippen LogP) is 4.29. The average Bonchev–Trinajstić information content (AvgIpc) is 2.29. The van der Waals surface area contributed by atoms with Gasteiger partial charge in [-0.2, -0.15) is 0 Å². The molecule has 0 bridgehead atoms. The third-order valence-corrected chi connectivity index (χ3v) is 3.38. The van der Waals surface area contributed by atoms with E-state index in [-0.39, 0.29) is 4.87 Å². The molecule has 0 nitrogen and oxygen atoms in total. The maximum atomic E-state index is 6.21. The van der Waals surface area contributed by atoms with E-state index < -0.39 is 0 Å². The number of rotatable bonds is 2. The summed E-state index contributed by atoms with van der Waals surface area (Å²) in [5, 5.41) is 0. The molecule has 1 aliphatic carbocycles. The number of halogens is 1. The van der Waals surface area contributed by atoms with Crippen LogP contribution in [0, 0.1) is 0 Å². The van der Waals surface area contributed by atoms with Gasteiger partial charge in [0.2, 0.25) is 0 Å². The SMILES string of the molecule is CC1(Cl)C=CC(C(=S)c2ccccc2)=CC1. The Kier molecular flexibility index (Phi) is 3.27. The van der Waals surface area contributed by atoms with Crippen molar-refractivity contribution in [3.63, 3.8) is 0 Å². The fourth-order valence-corrected chi connectivity index (χ4v) is 2.06. The van der Waals surface area contributed by atoms with Crippen LogP contribution < -0.4 is 0 Å². The Morgan fingerprint density at radius 3 is 2.56 bits per heavy atom. The van der Waals surface area contributed by atoms with Gasteiger partial charge in [-0.3, -0.25) is 0 Å². The summed E-state index contributed by atoms with van der Waals surface area (Å²) in [5.74, 6) is 0. The summed E-state index contributed by atoms with van der Waals surface area (Å²) in [6.45, 7) is 2.00. The van der Waals surface area contributed by atoms with E-state index in [1.54, 1.807) is 0 Å². The van der Waals surface area contributed by atoms with Crippen molar-refractivity contribution in [3.8, 4) is 0 Å². The lowest BCUT2D eigenvalue weighted by atomic mass is 9.94. The van der Waals surface area contributed by atoms with Gasteiger partial charge in [-0.1, -0.05) is 60.8 Å². The number of allylic oxidation sites excluding steroid dienone is 4. The van der Waals surface area contributed by atoms with Crippen LogP contribution in [0.1, 0.15) is 18.9 Å². The third kappa shape index (κ3) is 2.60. The lowest BCUT2D eigenvalue weighted by Crippen LogP contribution is -2.15. The highest BCUT2D eigenvalue weighted by Crippen LogP contribution is 2.28. The molecule has 1 aliphatic rings. The molecule has 1 atom stereocenters. The Hall–Kier alpha value is -0.920. The Bertz CT molecular complexity index is 455. The second-order valence-corrected chi connectivity index (χ2v) is 5.44. The van der Waals surface area contributed by atoms with Gasteiger partial charge in [-0.15, -0.1) is 11.6 Å². The first-order chi connectivity index (χ1) is 7.58. The van der Waals surface area contributed by atoms with Gasteiger partial charge in [0.15, 0.2) is 0 Å². The molecule has 82 valence electrons. The molecule has 0 aliphatic heterocycles. The Morgan fingerprint density at radius 1 is 1.31 bits per heavy atom. The smallest absolute Gasteiger partial charge is 0.0635 e. The van der Waals surface area contributed by atoms with Crippen LogP contribution in [0.2, 0.25) is 0 Å². The molecule has 1 unspecified atom stereocenters. The zero-order valence-corrected chi connectivity index (χ0v) is 10.7. The van der Waals surface area contributed by atoms with Gasteiger partial charge in [0.1, 0.15) is 0 Å². The van der Waals surface area contributed by atoms with Crippen LogP contribution in [0.15, 0.2) is 54.1 Å². The van der Waals surface area contributed by atoms with Crippen LogP contribution >= 0.6 is 23.8 Å². The normalized spacial score (nSPS) is 24.0. The van der Waals surface area contributed by atoms with Gasteiger partial charge in [0.25, 0.3) is 0 Å². The maximum absolute atomic E-state index is 6.21. The first kappa shape index (κ1) is 11.6. The number of hydrogen-bond donors (Lipinski definition) is 0. The van der Waals surface area contributed by atoms with Crippen LogP contribution in [-0.2, 0) is 0 Å². The largest absolute Gasteiger partial charge is 0.115 e. The van der Waals surface area contributed by atoms with Crippen LogP contribution in [0.4, 0.5) is 0 Å². The first-order valence-electron chi connectivity index (χ1n) is 5.26. The van der Waals surface area contributed by atoms with E-state index in [0.717, 1.165) is 22.4 Å². The topological polar surface area (TPSA) is 0 Å². The zero-order chi connectivity index (χ0) is 11.6. The highest BCUT2D eigenvalue weighted by Gasteiger charge is 2.20. The van der Waals surface area contributed by atoms with Gasteiger partial charge < -0.3 is 0 Å². The van der Waals surface area contributed by atoms with Crippen molar-refractivity contribution in [3.05, 3.63) is 59.7 Å². The average molecular weight is 249 g/mol. The molecule has 0 amide bonds. The van der Waals surface area contributed by atoms with Crippen molar-refractivity contribution in [2.75, 3.05) is 0 Å². The van der Waals surface area contributed by atoms with Gasteiger partial charge in [-0.05, 0) is 24.5 Å². The summed E-state index contributed by atoms with van der Waals surface area (Å²) in [4.78, 5) is 0.638. The number of benzene rings is 1. The summed E-state index contributed by atoms with van der Waals surface area (Å²) in [5.41, 5.74) is 2.19. The monoisotopic (exact) mass is 248 g/mol. The fraction of sp³-hybridized carbons (Fsp3) is 0.214. The molecule has 1 aromatic carbocycles. The van der Waals surface area contributed by atoms with Gasteiger partial charge in [0.05, 0.1) is 9.74 Å². The van der Waals surface area contributed by atoms with Crippen molar-refractivity contribution >= 4 is 28.7 Å². The molecule has 0 saturated carbocycles. The van der Waals surface area contributed by atoms with Crippen molar-refractivity contribution in [1.29, 1.82) is 0 Å². The van der Waals surface area contributed by atoms with Crippen molar-refractivity contribution in [2.24, 2.45) is 0 Å². The minimum atomic E-state index is -0.254. The Morgan fingerprint density at radius 2 is 2.00 bits per heavy atom. The molecule has 2 rings (SSSR count). The summed E-state index contributed by atoms with van der Waals surface area (Å²) < 4.78 is 0. The number of thiocarbonyl (C=S) groups is 1. The fourth-order valence-electron chi connectivity index (χ4n) is 1.63. The molecule has 0 N–H and O–H groups in total. The van der Waals surface area contributed by atoms with E-state index in [0.29, 0.717) is 0 Å². The van der Waals surface area contributed by atoms with Crippen LogP contribution in [0.3, 0.4) is 0 Å². The van der Waals surface area contributed by atoms with E-state index in [2.05, 4.69) is 6.08 Å². The van der Waals surface area contributed by atoms with E-state index in [1.807, 2.05) is 49.4 Å². The molecule has 0 fully saturated rings. The van der Waals surface area contributed by atoms with Crippen LogP contribution in [-0.4, -0.2) is 9.74 Å². The summed E-state index contributed by atoms with van der Waals surface area (Å²) in [6.07, 6.45) is 6.97. The van der Waals surface area contributed by atoms with Crippen molar-refractivity contribution in [2.45, 2.75) is 18.2 Å². The van der Waals surface area contributed by atoms with Gasteiger partial charge in [0, 0.05) is 0 Å². The molecule has 0 radical (unpaired) electrons. The van der Waals surface area contributed by atoms with Gasteiger partial charge in [-0.25, -0.2) is 0 Å². The molecule has 2 heteroatoms. The molecule has 0 saturated heterocycles. The van der Waals surface area contributed by atoms with Crippen molar-refractivity contribution < 1.29 is 0 Å². The van der Waals surface area contributed by atoms with E-state index in [9.17, 15) is 0 Å². The molecule has 1 aromatic rings. The molecule has 16 heavy (non-hydrogen) atoms. The Balaban J connectivity index is 2.20. The second-order valence-electron chi connectivity index (χ2n) is 4.17. The van der Waals surface area contributed by atoms with Gasteiger partial charge >= 0.3 is 0 Å². The standard InChI is InChI=1S/C14H13ClS/c1-14(15)9-7-12(8-10-14)13(16)11-5-3-2-4-6-11/h2-9H,10H2,1H3. The first-order valence-corrected chi connectivity index (χ1v) is 6.05. The number of hydrogen-bond acceptors (Lipinski definition) is 1. The molecule has 0 spiro atoms. The lowest BCUT2D eigenvalue weighted by Gasteiger charge is -2.20. The Labute approximate surface area is 107 Å². The molecule has 0 heterocycles. The minimum absolute atomic E-state index is 0.254. The summed E-state index contributed by atoms with van der Waals surface area (Å²) in [6, 6.07) is 10.1. The molecular weight excluding hydrogens is 236 g/mol. The van der Waals surface area contributed by atoms with Crippen molar-refractivity contribution in [1.82, 2.24) is 0 Å². The highest BCUT2D eigenvalue weighted by atomic mass is 35.5. The highest BCUT2D eigenvalue weighted by molar-refractivity contribution is 7.81. The second kappa shape index (κ2) is 4.52. The summed E-state index contributed by atoms with van der Waals surface area (Å²) >= 11 is 11.7. The van der Waals surface area contributed by atoms with E-state index >= 15 is 0 Å². The summed E-state index contributed by atoms with van der Waals surface area (Å²) in [7, 11) is 0. The number of alkyl halides is 1. The maximum Gasteiger partial charge on any atom is 0.0635 e. The molecule has 0 aromatic heterocycles. The van der Waals surface area contributed by atoms with Crippen LogP contribution in [0.5, 0.6) is 0 Å². The van der Waals surface area contributed by atoms with Crippen LogP contribution in [0.25, 0.3) is 0 Å². The predicted molar refractivity (Wildman–Crippen MR) is 74.2 cm³/mol. The zero-order valence-electron chi connectivity index (χ0n) is 9.11.